The third kappa shape index (κ3) is 2.98. The SMILES string of the molecule is O=C(O)C1CCCN1C(=O)Cc1csc(-c2ccsc2)n1. The quantitative estimate of drug-likeness (QED) is 0.939. The molecule has 1 unspecified atom stereocenters. The molecule has 0 saturated carbocycles. The highest BCUT2D eigenvalue weighted by Gasteiger charge is 2.33. The Morgan fingerprint density at radius 1 is 1.43 bits per heavy atom. The first kappa shape index (κ1) is 14.2. The van der Waals surface area contributed by atoms with E-state index >= 15 is 0 Å². The van der Waals surface area contributed by atoms with Crippen molar-refractivity contribution >= 4 is 34.6 Å². The molecule has 7 heteroatoms. The van der Waals surface area contributed by atoms with Crippen molar-refractivity contribution in [2.45, 2.75) is 25.3 Å². The lowest BCUT2D eigenvalue weighted by molar-refractivity contribution is -0.148. The molecular weight excluding hydrogens is 308 g/mol. The Labute approximate surface area is 129 Å². The Balaban J connectivity index is 1.69. The van der Waals surface area contributed by atoms with Gasteiger partial charge in [-0.2, -0.15) is 11.3 Å². The number of hydrogen-bond acceptors (Lipinski definition) is 5. The summed E-state index contributed by atoms with van der Waals surface area (Å²) in [6.07, 6.45) is 1.46. The molecule has 0 bridgehead atoms. The first-order valence-electron chi connectivity index (χ1n) is 6.64. The molecule has 0 aromatic carbocycles. The van der Waals surface area contributed by atoms with E-state index < -0.39 is 12.0 Å². The molecule has 0 aliphatic carbocycles. The van der Waals surface area contributed by atoms with Crippen LogP contribution in [0.4, 0.5) is 0 Å². The van der Waals surface area contributed by atoms with E-state index in [1.807, 2.05) is 22.2 Å². The number of likely N-dealkylation sites (tertiary alicyclic amines) is 1. The third-order valence-corrected chi connectivity index (χ3v) is 5.13. The lowest BCUT2D eigenvalue weighted by Gasteiger charge is -2.20. The normalized spacial score (nSPS) is 18.1. The van der Waals surface area contributed by atoms with Crippen molar-refractivity contribution in [1.29, 1.82) is 0 Å². The highest BCUT2D eigenvalue weighted by atomic mass is 32.1. The molecular formula is C14H14N2O3S2. The molecule has 1 N–H and O–H groups in total. The van der Waals surface area contributed by atoms with E-state index in [0.717, 1.165) is 17.0 Å². The number of carboxylic acids is 1. The van der Waals surface area contributed by atoms with Crippen LogP contribution in [0.2, 0.25) is 0 Å². The Morgan fingerprint density at radius 3 is 3.00 bits per heavy atom. The molecule has 0 spiro atoms. The standard InChI is InChI=1S/C14H14N2O3S2/c17-12(16-4-1-2-11(16)14(18)19)6-10-8-21-13(15-10)9-3-5-20-7-9/h3,5,7-8,11H,1-2,4,6H2,(H,18,19). The molecule has 0 radical (unpaired) electrons. The van der Waals surface area contributed by atoms with Gasteiger partial charge in [-0.1, -0.05) is 0 Å². The lowest BCUT2D eigenvalue weighted by Crippen LogP contribution is -2.41. The number of rotatable bonds is 4. The van der Waals surface area contributed by atoms with Crippen LogP contribution in [0.3, 0.4) is 0 Å². The fourth-order valence-corrected chi connectivity index (χ4v) is 4.02. The summed E-state index contributed by atoms with van der Waals surface area (Å²) in [5, 5.41) is 15.9. The van der Waals surface area contributed by atoms with Crippen LogP contribution in [-0.2, 0) is 16.0 Å². The minimum absolute atomic E-state index is 0.151. The predicted molar refractivity (Wildman–Crippen MR) is 81.5 cm³/mol. The zero-order chi connectivity index (χ0) is 14.8. The van der Waals surface area contributed by atoms with Gasteiger partial charge in [-0.3, -0.25) is 4.79 Å². The van der Waals surface area contributed by atoms with Gasteiger partial charge in [0.2, 0.25) is 5.91 Å². The van der Waals surface area contributed by atoms with Gasteiger partial charge >= 0.3 is 5.97 Å². The summed E-state index contributed by atoms with van der Waals surface area (Å²) in [7, 11) is 0. The van der Waals surface area contributed by atoms with E-state index in [0.29, 0.717) is 18.7 Å². The van der Waals surface area contributed by atoms with Crippen molar-refractivity contribution in [1.82, 2.24) is 9.88 Å². The summed E-state index contributed by atoms with van der Waals surface area (Å²) in [5.41, 5.74) is 1.77. The van der Waals surface area contributed by atoms with E-state index in [-0.39, 0.29) is 12.3 Å². The maximum absolute atomic E-state index is 12.3. The smallest absolute Gasteiger partial charge is 0.326 e. The Kier molecular flexibility index (Phi) is 4.03. The monoisotopic (exact) mass is 322 g/mol. The van der Waals surface area contributed by atoms with Gasteiger partial charge in [-0.25, -0.2) is 9.78 Å². The molecule has 21 heavy (non-hydrogen) atoms. The summed E-state index contributed by atoms with van der Waals surface area (Å²) < 4.78 is 0. The Hall–Kier alpha value is -1.73. The van der Waals surface area contributed by atoms with Crippen LogP contribution in [0.1, 0.15) is 18.5 Å². The van der Waals surface area contributed by atoms with Crippen LogP contribution in [0.15, 0.2) is 22.2 Å². The number of carboxylic acid groups (broad SMARTS) is 1. The molecule has 2 aromatic heterocycles. The van der Waals surface area contributed by atoms with Gasteiger partial charge in [0.25, 0.3) is 0 Å². The van der Waals surface area contributed by atoms with Gasteiger partial charge < -0.3 is 10.0 Å². The van der Waals surface area contributed by atoms with Crippen LogP contribution in [0.5, 0.6) is 0 Å². The molecule has 1 fully saturated rings. The van der Waals surface area contributed by atoms with Crippen molar-refractivity contribution in [3.8, 4) is 10.6 Å². The number of hydrogen-bond donors (Lipinski definition) is 1. The Bertz CT molecular complexity index is 651. The maximum Gasteiger partial charge on any atom is 0.326 e. The second kappa shape index (κ2) is 5.95. The number of amides is 1. The average Bonchev–Trinajstić information content (AvgIpc) is 3.19. The van der Waals surface area contributed by atoms with Crippen LogP contribution in [0, 0.1) is 0 Å². The van der Waals surface area contributed by atoms with Crippen molar-refractivity contribution in [3.63, 3.8) is 0 Å². The molecule has 1 saturated heterocycles. The van der Waals surface area contributed by atoms with Gasteiger partial charge in [0.1, 0.15) is 11.0 Å². The number of nitrogens with zero attached hydrogens (tertiary/aromatic N) is 2. The number of carbonyl (C=O) groups excluding carboxylic acids is 1. The van der Waals surface area contributed by atoms with E-state index in [4.69, 9.17) is 5.11 Å². The van der Waals surface area contributed by atoms with Crippen LogP contribution in [0.25, 0.3) is 10.6 Å². The molecule has 3 rings (SSSR count). The second-order valence-corrected chi connectivity index (χ2v) is 6.55. The predicted octanol–water partition coefficient (Wildman–Crippen LogP) is 2.49. The first-order valence-corrected chi connectivity index (χ1v) is 8.46. The highest BCUT2D eigenvalue weighted by molar-refractivity contribution is 7.14. The van der Waals surface area contributed by atoms with E-state index in [1.165, 1.54) is 16.2 Å². The topological polar surface area (TPSA) is 70.5 Å². The number of thiophene rings is 1. The molecule has 1 amide bonds. The molecule has 5 nitrogen and oxygen atoms in total. The van der Waals surface area contributed by atoms with Crippen molar-refractivity contribution in [2.24, 2.45) is 0 Å². The summed E-state index contributed by atoms with van der Waals surface area (Å²) in [6.45, 7) is 0.525. The second-order valence-electron chi connectivity index (χ2n) is 4.92. The molecule has 3 heterocycles. The number of aliphatic carboxylic acids is 1. The first-order chi connectivity index (χ1) is 10.1. The zero-order valence-corrected chi connectivity index (χ0v) is 12.8. The van der Waals surface area contributed by atoms with Gasteiger partial charge in [0, 0.05) is 22.9 Å². The summed E-state index contributed by atoms with van der Waals surface area (Å²) in [5.74, 6) is -1.07. The van der Waals surface area contributed by atoms with Crippen LogP contribution >= 0.6 is 22.7 Å². The Morgan fingerprint density at radius 2 is 2.29 bits per heavy atom. The maximum atomic E-state index is 12.3. The number of thiazole rings is 1. The van der Waals surface area contributed by atoms with Crippen molar-refractivity contribution < 1.29 is 14.7 Å². The number of aromatic nitrogens is 1. The van der Waals surface area contributed by atoms with Gasteiger partial charge in [0.15, 0.2) is 0 Å². The third-order valence-electron chi connectivity index (χ3n) is 3.51. The van der Waals surface area contributed by atoms with E-state index in [1.54, 1.807) is 11.3 Å². The number of carbonyl (C=O) groups is 2. The molecule has 110 valence electrons. The molecule has 2 aromatic rings. The minimum atomic E-state index is -0.918. The lowest BCUT2D eigenvalue weighted by atomic mass is 10.2. The fraction of sp³-hybridized carbons (Fsp3) is 0.357. The van der Waals surface area contributed by atoms with Gasteiger partial charge in [0.05, 0.1) is 12.1 Å². The van der Waals surface area contributed by atoms with E-state index in [2.05, 4.69) is 4.98 Å². The highest BCUT2D eigenvalue weighted by Crippen LogP contribution is 2.26. The van der Waals surface area contributed by atoms with Crippen molar-refractivity contribution in [3.05, 3.63) is 27.9 Å². The fourth-order valence-electron chi connectivity index (χ4n) is 2.49. The van der Waals surface area contributed by atoms with Gasteiger partial charge in [-0.15, -0.1) is 11.3 Å². The molecule has 1 atom stereocenters. The van der Waals surface area contributed by atoms with E-state index in [9.17, 15) is 9.59 Å². The average molecular weight is 322 g/mol. The summed E-state index contributed by atoms with van der Waals surface area (Å²) in [4.78, 5) is 29.3. The van der Waals surface area contributed by atoms with Crippen LogP contribution in [-0.4, -0.2) is 39.5 Å². The summed E-state index contributed by atoms with van der Waals surface area (Å²) >= 11 is 3.12. The summed E-state index contributed by atoms with van der Waals surface area (Å²) in [6, 6.07) is 1.32. The minimum Gasteiger partial charge on any atom is -0.480 e. The van der Waals surface area contributed by atoms with Crippen LogP contribution < -0.4 is 0 Å². The largest absolute Gasteiger partial charge is 0.480 e. The molecule has 1 aliphatic rings. The zero-order valence-electron chi connectivity index (χ0n) is 11.2. The van der Waals surface area contributed by atoms with Gasteiger partial charge in [-0.05, 0) is 24.3 Å². The molecule has 1 aliphatic heterocycles. The van der Waals surface area contributed by atoms with Crippen molar-refractivity contribution in [2.75, 3.05) is 6.54 Å².